The van der Waals surface area contributed by atoms with Gasteiger partial charge in [-0.15, -0.1) is 0 Å². The Bertz CT molecular complexity index is 745. The molecular formula is C16H19N3O4. The van der Waals surface area contributed by atoms with E-state index in [-0.39, 0.29) is 31.3 Å². The average Bonchev–Trinajstić information content (AvgIpc) is 2.55. The van der Waals surface area contributed by atoms with Gasteiger partial charge in [-0.25, -0.2) is 0 Å². The maximum Gasteiger partial charge on any atom is 0.145 e. The van der Waals surface area contributed by atoms with Crippen molar-refractivity contribution < 1.29 is 20.4 Å². The van der Waals surface area contributed by atoms with Gasteiger partial charge >= 0.3 is 0 Å². The normalized spacial score (nSPS) is 11.3. The van der Waals surface area contributed by atoms with E-state index >= 15 is 0 Å². The third-order valence-electron chi connectivity index (χ3n) is 3.60. The van der Waals surface area contributed by atoms with E-state index in [9.17, 15) is 20.4 Å². The van der Waals surface area contributed by atoms with Crippen molar-refractivity contribution in [1.82, 2.24) is 9.97 Å². The molecular weight excluding hydrogens is 298 g/mol. The Labute approximate surface area is 133 Å². The lowest BCUT2D eigenvalue weighted by Gasteiger charge is -2.10. The van der Waals surface area contributed by atoms with Crippen molar-refractivity contribution in [3.63, 3.8) is 0 Å². The van der Waals surface area contributed by atoms with Gasteiger partial charge in [-0.1, -0.05) is 0 Å². The molecule has 0 aliphatic carbocycles. The molecule has 0 aliphatic heterocycles. The van der Waals surface area contributed by atoms with Crippen LogP contribution < -0.4 is 0 Å². The lowest BCUT2D eigenvalue weighted by Crippen LogP contribution is -2.00. The minimum atomic E-state index is -0.274. The van der Waals surface area contributed by atoms with Crippen molar-refractivity contribution in [3.8, 4) is 11.5 Å². The molecule has 0 amide bonds. The van der Waals surface area contributed by atoms with E-state index in [1.165, 1.54) is 18.6 Å². The highest BCUT2D eigenvalue weighted by Crippen LogP contribution is 2.25. The molecule has 122 valence electrons. The molecule has 0 aromatic carbocycles. The van der Waals surface area contributed by atoms with Crippen LogP contribution in [0.25, 0.3) is 0 Å². The highest BCUT2D eigenvalue weighted by atomic mass is 16.3. The first kappa shape index (κ1) is 16.9. The molecule has 4 N–H and O–H groups in total. The summed E-state index contributed by atoms with van der Waals surface area (Å²) in [5, 5.41) is 38.7. The molecule has 0 atom stereocenters. The number of pyridine rings is 2. The van der Waals surface area contributed by atoms with Gasteiger partial charge in [-0.3, -0.25) is 15.0 Å². The molecule has 2 rings (SSSR count). The number of aromatic hydroxyl groups is 2. The Hall–Kier alpha value is -2.51. The molecule has 0 aliphatic rings. The predicted molar refractivity (Wildman–Crippen MR) is 84.4 cm³/mol. The second-order valence-corrected chi connectivity index (χ2v) is 5.11. The molecule has 0 radical (unpaired) electrons. The Morgan fingerprint density at radius 1 is 0.957 bits per heavy atom. The summed E-state index contributed by atoms with van der Waals surface area (Å²) in [7, 11) is 0. The zero-order chi connectivity index (χ0) is 17.0. The zero-order valence-electron chi connectivity index (χ0n) is 13.0. The third-order valence-corrected chi connectivity index (χ3v) is 3.60. The number of hydrogen-bond donors (Lipinski definition) is 4. The highest BCUT2D eigenvalue weighted by molar-refractivity contribution is 5.85. The number of rotatable bonds is 5. The summed E-state index contributed by atoms with van der Waals surface area (Å²) in [6.45, 7) is 2.88. The minimum Gasteiger partial charge on any atom is -0.506 e. The molecule has 0 saturated heterocycles. The Morgan fingerprint density at radius 3 is 2.13 bits per heavy atom. The smallest absolute Gasteiger partial charge is 0.145 e. The molecule has 0 saturated carbocycles. The van der Waals surface area contributed by atoms with Crippen LogP contribution in [0.5, 0.6) is 11.5 Å². The lowest BCUT2D eigenvalue weighted by molar-refractivity contribution is 0.279. The van der Waals surface area contributed by atoms with Gasteiger partial charge < -0.3 is 20.4 Å². The minimum absolute atomic E-state index is 0.00814. The van der Waals surface area contributed by atoms with Gasteiger partial charge in [0, 0.05) is 40.9 Å². The summed E-state index contributed by atoms with van der Waals surface area (Å²) in [5.74, 6) is -0.0518. The van der Waals surface area contributed by atoms with E-state index in [1.54, 1.807) is 13.8 Å². The SMILES string of the molecule is Cc1ncc(CO)c(C=NCc2c(CO)cnc(C)c2O)c1O. The summed E-state index contributed by atoms with van der Waals surface area (Å²) < 4.78 is 0. The molecule has 7 nitrogen and oxygen atoms in total. The molecule has 0 unspecified atom stereocenters. The summed E-state index contributed by atoms with van der Waals surface area (Å²) in [6, 6.07) is 0. The number of hydrogen-bond acceptors (Lipinski definition) is 7. The Kier molecular flexibility index (Phi) is 5.25. The fraction of sp³-hybridized carbons (Fsp3) is 0.312. The van der Waals surface area contributed by atoms with Gasteiger partial charge in [0.25, 0.3) is 0 Å². The van der Waals surface area contributed by atoms with E-state index < -0.39 is 0 Å². The van der Waals surface area contributed by atoms with E-state index in [1.807, 2.05) is 0 Å². The van der Waals surface area contributed by atoms with E-state index in [2.05, 4.69) is 15.0 Å². The number of aryl methyl sites for hydroxylation is 2. The Balaban J connectivity index is 2.34. The summed E-state index contributed by atoms with van der Waals surface area (Å²) >= 11 is 0. The molecule has 2 heterocycles. The Morgan fingerprint density at radius 2 is 1.52 bits per heavy atom. The van der Waals surface area contributed by atoms with Gasteiger partial charge in [-0.2, -0.15) is 0 Å². The maximum atomic E-state index is 10.1. The van der Waals surface area contributed by atoms with Gasteiger partial charge in [0.1, 0.15) is 11.5 Å². The van der Waals surface area contributed by atoms with Crippen molar-refractivity contribution in [1.29, 1.82) is 0 Å². The largest absolute Gasteiger partial charge is 0.506 e. The van der Waals surface area contributed by atoms with E-state index in [4.69, 9.17) is 0 Å². The van der Waals surface area contributed by atoms with Crippen LogP contribution in [0.2, 0.25) is 0 Å². The quantitative estimate of drug-likeness (QED) is 0.613. The first-order chi connectivity index (χ1) is 11.0. The molecule has 2 aromatic rings. The zero-order valence-corrected chi connectivity index (χ0v) is 13.0. The molecule has 23 heavy (non-hydrogen) atoms. The summed E-state index contributed by atoms with van der Waals surface area (Å²) in [5.41, 5.74) is 2.69. The van der Waals surface area contributed by atoms with Crippen LogP contribution in [0.15, 0.2) is 17.4 Å². The van der Waals surface area contributed by atoms with E-state index in [0.29, 0.717) is 33.6 Å². The van der Waals surface area contributed by atoms with Crippen molar-refractivity contribution >= 4 is 6.21 Å². The number of aromatic nitrogens is 2. The molecule has 0 bridgehead atoms. The van der Waals surface area contributed by atoms with Crippen LogP contribution in [0.3, 0.4) is 0 Å². The van der Waals surface area contributed by atoms with Gasteiger partial charge in [0.2, 0.25) is 0 Å². The van der Waals surface area contributed by atoms with E-state index in [0.717, 1.165) is 0 Å². The number of aliphatic imine (C=N–C) groups is 1. The van der Waals surface area contributed by atoms with Gasteiger partial charge in [0.15, 0.2) is 0 Å². The molecule has 0 fully saturated rings. The monoisotopic (exact) mass is 317 g/mol. The second kappa shape index (κ2) is 7.17. The first-order valence-corrected chi connectivity index (χ1v) is 7.04. The van der Waals surface area contributed by atoms with Crippen LogP contribution in [0.4, 0.5) is 0 Å². The first-order valence-electron chi connectivity index (χ1n) is 7.04. The standard InChI is InChI=1S/C16H19N3O4/c1-9-15(22)13(11(7-20)3-18-9)5-17-6-14-12(8-21)4-19-10(2)16(14)23/h3-5,20-23H,6-8H2,1-2H3. The van der Waals surface area contributed by atoms with Crippen molar-refractivity contribution in [2.24, 2.45) is 4.99 Å². The van der Waals surface area contributed by atoms with Gasteiger partial charge in [0.05, 0.1) is 31.1 Å². The van der Waals surface area contributed by atoms with Crippen molar-refractivity contribution in [2.45, 2.75) is 33.6 Å². The molecule has 0 spiro atoms. The summed E-state index contributed by atoms with van der Waals surface area (Å²) in [4.78, 5) is 12.2. The number of nitrogens with zero attached hydrogens (tertiary/aromatic N) is 3. The van der Waals surface area contributed by atoms with Crippen LogP contribution >= 0.6 is 0 Å². The van der Waals surface area contributed by atoms with Crippen molar-refractivity contribution in [3.05, 3.63) is 46.0 Å². The van der Waals surface area contributed by atoms with Crippen molar-refractivity contribution in [2.75, 3.05) is 0 Å². The van der Waals surface area contributed by atoms with Crippen LogP contribution in [-0.4, -0.2) is 36.6 Å². The fourth-order valence-electron chi connectivity index (χ4n) is 2.15. The topological polar surface area (TPSA) is 119 Å². The van der Waals surface area contributed by atoms with Gasteiger partial charge in [-0.05, 0) is 13.8 Å². The number of aliphatic hydroxyl groups excluding tert-OH is 2. The second-order valence-electron chi connectivity index (χ2n) is 5.11. The average molecular weight is 317 g/mol. The summed E-state index contributed by atoms with van der Waals surface area (Å²) in [6.07, 6.45) is 4.39. The number of aliphatic hydroxyl groups is 2. The predicted octanol–water partition coefficient (Wildman–Crippen LogP) is 1.11. The van der Waals surface area contributed by atoms with Crippen LogP contribution in [0, 0.1) is 13.8 Å². The van der Waals surface area contributed by atoms with Crippen LogP contribution in [-0.2, 0) is 19.8 Å². The molecule has 7 heteroatoms. The van der Waals surface area contributed by atoms with Crippen LogP contribution in [0.1, 0.15) is 33.6 Å². The lowest BCUT2D eigenvalue weighted by atomic mass is 10.1. The maximum absolute atomic E-state index is 10.1. The fourth-order valence-corrected chi connectivity index (χ4v) is 2.15. The molecule has 2 aromatic heterocycles. The highest BCUT2D eigenvalue weighted by Gasteiger charge is 2.12. The third kappa shape index (κ3) is 3.46.